The Hall–Kier alpha value is -1.01. The Labute approximate surface area is 115 Å². The van der Waals surface area contributed by atoms with Crippen LogP contribution in [0.3, 0.4) is 0 Å². The average Bonchev–Trinajstić information content (AvgIpc) is 2.36. The Balaban J connectivity index is 0.00000133. The molecule has 0 aromatic carbocycles. The van der Waals surface area contributed by atoms with E-state index in [1.54, 1.807) is 0 Å². The Morgan fingerprint density at radius 1 is 1.21 bits per heavy atom. The van der Waals surface area contributed by atoms with E-state index in [1.807, 2.05) is 0 Å². The van der Waals surface area contributed by atoms with Gasteiger partial charge in [-0.25, -0.2) is 4.98 Å². The molecule has 1 aromatic rings. The number of aromatic nitrogens is 1. The summed E-state index contributed by atoms with van der Waals surface area (Å²) in [5, 5.41) is 3.28. The molecule has 3 atom stereocenters. The van der Waals surface area contributed by atoms with Gasteiger partial charge in [0.2, 0.25) is 5.88 Å². The van der Waals surface area contributed by atoms with Crippen LogP contribution in [0.2, 0.25) is 0 Å². The molecule has 1 aliphatic carbocycles. The van der Waals surface area contributed by atoms with E-state index in [0.717, 1.165) is 31.8 Å². The first-order chi connectivity index (χ1) is 8.54. The third kappa shape index (κ3) is 2.79. The van der Waals surface area contributed by atoms with Gasteiger partial charge < -0.3 is 10.1 Å². The first-order valence-electron chi connectivity index (χ1n) is 5.94. The predicted molar refractivity (Wildman–Crippen MR) is 65.4 cm³/mol. The van der Waals surface area contributed by atoms with Crippen molar-refractivity contribution in [2.24, 2.45) is 11.8 Å². The van der Waals surface area contributed by atoms with Crippen molar-refractivity contribution in [3.8, 4) is 5.88 Å². The molecule has 7 heteroatoms. The molecule has 1 N–H and O–H groups in total. The summed E-state index contributed by atoms with van der Waals surface area (Å²) in [5.41, 5.74) is -0.745. The van der Waals surface area contributed by atoms with Crippen LogP contribution in [0, 0.1) is 11.8 Å². The van der Waals surface area contributed by atoms with Gasteiger partial charge in [0.05, 0.1) is 5.56 Å². The number of hydrogen-bond donors (Lipinski definition) is 1. The van der Waals surface area contributed by atoms with E-state index in [1.165, 1.54) is 6.07 Å². The lowest BCUT2D eigenvalue weighted by Crippen LogP contribution is -2.59. The number of hydrogen-bond acceptors (Lipinski definition) is 3. The SMILES string of the molecule is Cl.FC(F)(F)c1ccc(OC2[C@@H]3CNC[C@H]2C3)nc1. The highest BCUT2D eigenvalue weighted by Gasteiger charge is 2.45. The largest absolute Gasteiger partial charge is 0.474 e. The van der Waals surface area contributed by atoms with Crippen molar-refractivity contribution >= 4 is 12.4 Å². The highest BCUT2D eigenvalue weighted by Crippen LogP contribution is 2.39. The van der Waals surface area contributed by atoms with E-state index in [4.69, 9.17) is 4.74 Å². The molecule has 1 unspecified atom stereocenters. The van der Waals surface area contributed by atoms with Gasteiger partial charge in [-0.1, -0.05) is 0 Å². The number of pyridine rings is 1. The van der Waals surface area contributed by atoms with Crippen molar-refractivity contribution in [2.75, 3.05) is 13.1 Å². The zero-order chi connectivity index (χ0) is 12.8. The zero-order valence-electron chi connectivity index (χ0n) is 9.98. The van der Waals surface area contributed by atoms with Crippen molar-refractivity contribution in [1.82, 2.24) is 10.3 Å². The summed E-state index contributed by atoms with van der Waals surface area (Å²) in [5.74, 6) is 1.21. The van der Waals surface area contributed by atoms with Crippen LogP contribution in [0.1, 0.15) is 12.0 Å². The third-order valence-electron chi connectivity index (χ3n) is 3.67. The summed E-state index contributed by atoms with van der Waals surface area (Å²) in [6.07, 6.45) is -2.28. The van der Waals surface area contributed by atoms with Crippen LogP contribution < -0.4 is 10.1 Å². The minimum absolute atomic E-state index is 0. The summed E-state index contributed by atoms with van der Waals surface area (Å²) in [7, 11) is 0. The van der Waals surface area contributed by atoms with Crippen LogP contribution in [0.4, 0.5) is 13.2 Å². The number of fused-ring (bicyclic) bond motifs is 2. The Morgan fingerprint density at radius 2 is 1.89 bits per heavy atom. The average molecular weight is 295 g/mol. The number of piperidine rings is 2. The van der Waals surface area contributed by atoms with Crippen molar-refractivity contribution in [3.05, 3.63) is 23.9 Å². The van der Waals surface area contributed by atoms with Gasteiger partial charge in [0, 0.05) is 37.2 Å². The zero-order valence-corrected chi connectivity index (χ0v) is 10.8. The maximum atomic E-state index is 12.4. The van der Waals surface area contributed by atoms with Gasteiger partial charge in [0.25, 0.3) is 0 Å². The van der Waals surface area contributed by atoms with E-state index in [9.17, 15) is 13.2 Å². The monoisotopic (exact) mass is 294 g/mol. The number of halogens is 4. The molecule has 1 saturated heterocycles. The van der Waals surface area contributed by atoms with Crippen LogP contribution in [0.5, 0.6) is 5.88 Å². The van der Waals surface area contributed by atoms with Crippen molar-refractivity contribution in [1.29, 1.82) is 0 Å². The van der Waals surface area contributed by atoms with Crippen LogP contribution in [0.25, 0.3) is 0 Å². The van der Waals surface area contributed by atoms with Crippen LogP contribution in [-0.4, -0.2) is 24.2 Å². The first-order valence-corrected chi connectivity index (χ1v) is 5.94. The molecule has 2 aliphatic rings. The van der Waals surface area contributed by atoms with Gasteiger partial charge in [-0.2, -0.15) is 13.2 Å². The molecule has 1 aliphatic heterocycles. The second-order valence-electron chi connectivity index (χ2n) is 4.88. The molecule has 0 spiro atoms. The van der Waals surface area contributed by atoms with Crippen molar-refractivity contribution in [2.45, 2.75) is 18.7 Å². The van der Waals surface area contributed by atoms with E-state index in [0.29, 0.717) is 11.8 Å². The van der Waals surface area contributed by atoms with Gasteiger partial charge in [-0.05, 0) is 12.5 Å². The molecule has 3 nitrogen and oxygen atoms in total. The smallest absolute Gasteiger partial charge is 0.417 e. The predicted octanol–water partition coefficient (Wildman–Crippen LogP) is 2.51. The highest BCUT2D eigenvalue weighted by molar-refractivity contribution is 5.85. The fourth-order valence-corrected chi connectivity index (χ4v) is 2.65. The summed E-state index contributed by atoms with van der Waals surface area (Å²) in [4.78, 5) is 3.73. The second-order valence-corrected chi connectivity index (χ2v) is 4.88. The summed E-state index contributed by atoms with van der Waals surface area (Å²) < 4.78 is 42.7. The molecule has 0 radical (unpaired) electrons. The fourth-order valence-electron chi connectivity index (χ4n) is 2.65. The molecular formula is C12H14ClF3N2O. The van der Waals surface area contributed by atoms with E-state index < -0.39 is 11.7 Å². The van der Waals surface area contributed by atoms with Crippen LogP contribution in [-0.2, 0) is 6.18 Å². The second kappa shape index (κ2) is 5.17. The van der Waals surface area contributed by atoms with E-state index in [-0.39, 0.29) is 24.4 Å². The lowest BCUT2D eigenvalue weighted by molar-refractivity contribution is -0.137. The number of nitrogens with zero attached hydrogens (tertiary/aromatic N) is 1. The van der Waals surface area contributed by atoms with Crippen LogP contribution in [0.15, 0.2) is 18.3 Å². The van der Waals surface area contributed by atoms with E-state index >= 15 is 0 Å². The summed E-state index contributed by atoms with van der Waals surface area (Å²) in [6.45, 7) is 1.84. The topological polar surface area (TPSA) is 34.1 Å². The lowest BCUT2D eigenvalue weighted by Gasteiger charge is -2.48. The lowest BCUT2D eigenvalue weighted by atomic mass is 9.69. The van der Waals surface area contributed by atoms with Gasteiger partial charge in [-0.15, -0.1) is 12.4 Å². The molecule has 1 saturated carbocycles. The Morgan fingerprint density at radius 3 is 2.37 bits per heavy atom. The first kappa shape index (κ1) is 14.4. The Kier molecular flexibility index (Phi) is 3.92. The molecule has 1 aromatic heterocycles. The maximum Gasteiger partial charge on any atom is 0.417 e. The number of nitrogens with one attached hydrogen (secondary N) is 1. The molecule has 2 fully saturated rings. The molecule has 2 heterocycles. The van der Waals surface area contributed by atoms with Gasteiger partial charge in [0.1, 0.15) is 6.10 Å². The molecule has 0 amide bonds. The van der Waals surface area contributed by atoms with E-state index in [2.05, 4.69) is 10.3 Å². The fraction of sp³-hybridized carbons (Fsp3) is 0.583. The summed E-state index contributed by atoms with van der Waals surface area (Å²) >= 11 is 0. The number of rotatable bonds is 2. The summed E-state index contributed by atoms with van der Waals surface area (Å²) in [6, 6.07) is 2.30. The van der Waals surface area contributed by atoms with Crippen LogP contribution >= 0.6 is 12.4 Å². The van der Waals surface area contributed by atoms with Gasteiger partial charge in [-0.3, -0.25) is 0 Å². The molecule has 2 bridgehead atoms. The quantitative estimate of drug-likeness (QED) is 0.910. The van der Waals surface area contributed by atoms with Gasteiger partial charge >= 0.3 is 6.18 Å². The van der Waals surface area contributed by atoms with Crippen molar-refractivity contribution < 1.29 is 17.9 Å². The molecule has 106 valence electrons. The minimum atomic E-state index is -4.34. The molecule has 19 heavy (non-hydrogen) atoms. The third-order valence-corrected chi connectivity index (χ3v) is 3.67. The molecular weight excluding hydrogens is 281 g/mol. The van der Waals surface area contributed by atoms with Crippen molar-refractivity contribution in [3.63, 3.8) is 0 Å². The standard InChI is InChI=1S/C12H13F3N2O.ClH/c13-12(14,15)9-1-2-10(17-6-9)18-11-7-3-8(11)5-16-4-7;/h1-2,6-8,11,16H,3-5H2;1H/t7-,8+,11?;. The number of alkyl halides is 3. The maximum absolute atomic E-state index is 12.4. The Bertz CT molecular complexity index is 424. The highest BCUT2D eigenvalue weighted by atomic mass is 35.5. The minimum Gasteiger partial charge on any atom is -0.474 e. The normalized spacial score (nSPS) is 29.1. The molecule has 3 rings (SSSR count). The van der Waals surface area contributed by atoms with Gasteiger partial charge in [0.15, 0.2) is 0 Å². The number of ether oxygens (including phenoxy) is 1.